The summed E-state index contributed by atoms with van der Waals surface area (Å²) < 4.78 is 11.0. The van der Waals surface area contributed by atoms with Gasteiger partial charge in [0.2, 0.25) is 0 Å². The molecule has 0 aliphatic heterocycles. The lowest BCUT2D eigenvalue weighted by Crippen LogP contribution is -2.25. The molecule has 3 heteroatoms. The average Bonchev–Trinajstić information content (AvgIpc) is 2.53. The van der Waals surface area contributed by atoms with Gasteiger partial charge in [0.15, 0.2) is 0 Å². The van der Waals surface area contributed by atoms with E-state index in [0.717, 1.165) is 25.2 Å². The maximum Gasteiger partial charge on any atom is 0.108 e. The van der Waals surface area contributed by atoms with Crippen LogP contribution < -0.4 is 5.32 Å². The van der Waals surface area contributed by atoms with Gasteiger partial charge >= 0.3 is 0 Å². The second kappa shape index (κ2) is 12.1. The number of benzene rings is 1. The van der Waals surface area contributed by atoms with Crippen molar-refractivity contribution in [1.29, 1.82) is 0 Å². The largest absolute Gasteiger partial charge is 0.381 e. The van der Waals surface area contributed by atoms with Gasteiger partial charge in [-0.05, 0) is 37.0 Å². The highest BCUT2D eigenvalue weighted by atomic mass is 16.5. The highest BCUT2D eigenvalue weighted by molar-refractivity contribution is 5.36. The van der Waals surface area contributed by atoms with E-state index < -0.39 is 0 Å². The van der Waals surface area contributed by atoms with Crippen LogP contribution >= 0.6 is 0 Å². The first-order valence-corrected chi connectivity index (χ1v) is 8.99. The summed E-state index contributed by atoms with van der Waals surface area (Å²) in [5.41, 5.74) is 2.31. The summed E-state index contributed by atoms with van der Waals surface area (Å²) in [6.45, 7) is 13.6. The molecular weight excluding hydrogens is 298 g/mol. The first-order valence-electron chi connectivity index (χ1n) is 8.99. The molecule has 0 radical (unpaired) electrons. The fourth-order valence-corrected chi connectivity index (χ4v) is 2.29. The van der Waals surface area contributed by atoms with Crippen LogP contribution in [0.5, 0.6) is 0 Å². The number of rotatable bonds is 10. The molecule has 134 valence electrons. The van der Waals surface area contributed by atoms with Crippen molar-refractivity contribution in [2.24, 2.45) is 5.92 Å². The Morgan fingerprint density at radius 2 is 1.62 bits per heavy atom. The Morgan fingerprint density at radius 1 is 0.958 bits per heavy atom. The predicted octanol–water partition coefficient (Wildman–Crippen LogP) is 4.18. The quantitative estimate of drug-likeness (QED) is 0.515. The molecule has 0 amide bonds. The monoisotopic (exact) mass is 331 g/mol. The number of nitrogens with one attached hydrogen (secondary N) is 1. The fourth-order valence-electron chi connectivity index (χ4n) is 2.29. The standard InChI is InChI=1S/C21H33NO2/c1-17(2)16-24-15-7-14-23-13-6-8-20-9-11-21(12-10-20)19(5)22-18(3)4/h9-12,17-19,22H,7,13-16H2,1-5H3. The Kier molecular flexibility index (Phi) is 10.4. The van der Waals surface area contributed by atoms with E-state index in [1.54, 1.807) is 0 Å². The van der Waals surface area contributed by atoms with Crippen LogP contribution in [0.25, 0.3) is 0 Å². The third-order valence-corrected chi connectivity index (χ3v) is 3.43. The maximum absolute atomic E-state index is 5.50. The van der Waals surface area contributed by atoms with E-state index in [0.29, 0.717) is 31.2 Å². The highest BCUT2D eigenvalue weighted by Crippen LogP contribution is 2.13. The minimum absolute atomic E-state index is 0.355. The molecule has 1 atom stereocenters. The van der Waals surface area contributed by atoms with Gasteiger partial charge < -0.3 is 14.8 Å². The molecule has 0 saturated heterocycles. The van der Waals surface area contributed by atoms with Crippen molar-refractivity contribution in [3.8, 4) is 11.8 Å². The fraction of sp³-hybridized carbons (Fsp3) is 0.619. The number of hydrogen-bond acceptors (Lipinski definition) is 3. The summed E-state index contributed by atoms with van der Waals surface area (Å²) >= 11 is 0. The van der Waals surface area contributed by atoms with Crippen molar-refractivity contribution in [3.63, 3.8) is 0 Å². The van der Waals surface area contributed by atoms with Gasteiger partial charge in [-0.15, -0.1) is 0 Å². The minimum atomic E-state index is 0.355. The van der Waals surface area contributed by atoms with Crippen LogP contribution in [0, 0.1) is 17.8 Å². The van der Waals surface area contributed by atoms with E-state index in [9.17, 15) is 0 Å². The van der Waals surface area contributed by atoms with Crippen LogP contribution in [0.4, 0.5) is 0 Å². The van der Waals surface area contributed by atoms with Crippen LogP contribution in [0.15, 0.2) is 24.3 Å². The normalized spacial score (nSPS) is 12.3. The third-order valence-electron chi connectivity index (χ3n) is 3.43. The molecule has 0 saturated carbocycles. The van der Waals surface area contributed by atoms with Crippen LogP contribution in [0.2, 0.25) is 0 Å². The second-order valence-electron chi connectivity index (χ2n) is 6.84. The van der Waals surface area contributed by atoms with E-state index in [4.69, 9.17) is 9.47 Å². The molecular formula is C21H33NO2. The lowest BCUT2D eigenvalue weighted by Gasteiger charge is -2.17. The van der Waals surface area contributed by atoms with E-state index in [1.807, 2.05) is 0 Å². The zero-order chi connectivity index (χ0) is 17.8. The van der Waals surface area contributed by atoms with E-state index >= 15 is 0 Å². The SMILES string of the molecule is CC(C)COCCCOCC#Cc1ccc(C(C)NC(C)C)cc1. The second-order valence-corrected chi connectivity index (χ2v) is 6.84. The molecule has 1 aromatic carbocycles. The molecule has 1 N–H and O–H groups in total. The molecule has 0 aliphatic rings. The van der Waals surface area contributed by atoms with E-state index in [2.05, 4.69) is 76.0 Å². The maximum atomic E-state index is 5.50. The van der Waals surface area contributed by atoms with Gasteiger partial charge in [0.05, 0.1) is 6.61 Å². The van der Waals surface area contributed by atoms with Crippen molar-refractivity contribution in [1.82, 2.24) is 5.32 Å². The summed E-state index contributed by atoms with van der Waals surface area (Å²) in [7, 11) is 0. The molecule has 0 fully saturated rings. The molecule has 3 nitrogen and oxygen atoms in total. The first-order chi connectivity index (χ1) is 11.5. The smallest absolute Gasteiger partial charge is 0.108 e. The Morgan fingerprint density at radius 3 is 2.25 bits per heavy atom. The molecule has 1 aromatic rings. The summed E-state index contributed by atoms with van der Waals surface area (Å²) in [5.74, 6) is 6.80. The van der Waals surface area contributed by atoms with Gasteiger partial charge in [-0.1, -0.05) is 51.7 Å². The van der Waals surface area contributed by atoms with Gasteiger partial charge in [-0.2, -0.15) is 0 Å². The average molecular weight is 332 g/mol. The molecule has 0 heterocycles. The summed E-state index contributed by atoms with van der Waals surface area (Å²) in [6, 6.07) is 9.25. The minimum Gasteiger partial charge on any atom is -0.381 e. The Labute approximate surface area is 148 Å². The van der Waals surface area contributed by atoms with Gasteiger partial charge in [-0.3, -0.25) is 0 Å². The van der Waals surface area contributed by atoms with Crippen LogP contribution in [-0.2, 0) is 9.47 Å². The molecule has 1 unspecified atom stereocenters. The predicted molar refractivity (Wildman–Crippen MR) is 101 cm³/mol. The van der Waals surface area contributed by atoms with Crippen LogP contribution in [-0.4, -0.2) is 32.5 Å². The topological polar surface area (TPSA) is 30.5 Å². The van der Waals surface area contributed by atoms with E-state index in [1.165, 1.54) is 5.56 Å². The van der Waals surface area contributed by atoms with Crippen molar-refractivity contribution < 1.29 is 9.47 Å². The zero-order valence-corrected chi connectivity index (χ0v) is 15.9. The zero-order valence-electron chi connectivity index (χ0n) is 15.9. The Bertz CT molecular complexity index is 497. The van der Waals surface area contributed by atoms with Gasteiger partial charge in [0.1, 0.15) is 6.61 Å². The summed E-state index contributed by atoms with van der Waals surface area (Å²) in [4.78, 5) is 0. The molecule has 0 bridgehead atoms. The first kappa shape index (κ1) is 20.7. The molecule has 1 rings (SSSR count). The summed E-state index contributed by atoms with van der Waals surface area (Å²) in [5, 5.41) is 3.50. The van der Waals surface area contributed by atoms with Crippen molar-refractivity contribution in [2.75, 3.05) is 26.4 Å². The summed E-state index contributed by atoms with van der Waals surface area (Å²) in [6.07, 6.45) is 0.920. The van der Waals surface area contributed by atoms with Crippen LogP contribution in [0.3, 0.4) is 0 Å². The van der Waals surface area contributed by atoms with Crippen molar-refractivity contribution >= 4 is 0 Å². The molecule has 0 aromatic heterocycles. The van der Waals surface area contributed by atoms with Gasteiger partial charge in [-0.25, -0.2) is 0 Å². The number of hydrogen-bond donors (Lipinski definition) is 1. The van der Waals surface area contributed by atoms with Crippen LogP contribution in [0.1, 0.15) is 58.2 Å². The Balaban J connectivity index is 2.22. The van der Waals surface area contributed by atoms with E-state index in [-0.39, 0.29) is 0 Å². The van der Waals surface area contributed by atoms with Crippen molar-refractivity contribution in [2.45, 2.75) is 53.1 Å². The van der Waals surface area contributed by atoms with Gasteiger partial charge in [0.25, 0.3) is 0 Å². The lowest BCUT2D eigenvalue weighted by molar-refractivity contribution is 0.0802. The third kappa shape index (κ3) is 9.72. The number of ether oxygens (including phenoxy) is 2. The highest BCUT2D eigenvalue weighted by Gasteiger charge is 2.05. The Hall–Kier alpha value is -1.34. The molecule has 0 aliphatic carbocycles. The lowest BCUT2D eigenvalue weighted by atomic mass is 10.1. The molecule has 24 heavy (non-hydrogen) atoms. The molecule has 0 spiro atoms. The van der Waals surface area contributed by atoms with Crippen molar-refractivity contribution in [3.05, 3.63) is 35.4 Å². The van der Waals surface area contributed by atoms with Gasteiger partial charge in [0, 0.05) is 30.9 Å².